The van der Waals surface area contributed by atoms with E-state index in [2.05, 4.69) is 27.4 Å². The molecule has 2 atom stereocenters. The lowest BCUT2D eigenvalue weighted by molar-refractivity contribution is -0.130. The van der Waals surface area contributed by atoms with Gasteiger partial charge in [0.15, 0.2) is 5.82 Å². The van der Waals surface area contributed by atoms with Gasteiger partial charge in [-0.3, -0.25) is 14.7 Å². The second-order valence-electron chi connectivity index (χ2n) is 10.6. The van der Waals surface area contributed by atoms with Crippen molar-refractivity contribution in [3.05, 3.63) is 59.8 Å². The van der Waals surface area contributed by atoms with Crippen LogP contribution in [-0.4, -0.2) is 76.5 Å². The Bertz CT molecular complexity index is 1170. The Hall–Kier alpha value is -2.96. The van der Waals surface area contributed by atoms with Crippen LogP contribution in [-0.2, 0) is 21.7 Å². The van der Waals surface area contributed by atoms with Crippen molar-refractivity contribution in [1.29, 1.82) is 0 Å². The van der Waals surface area contributed by atoms with Crippen LogP contribution in [0.1, 0.15) is 49.6 Å². The van der Waals surface area contributed by atoms with Gasteiger partial charge in [-0.15, -0.1) is 0 Å². The Morgan fingerprint density at radius 3 is 2.56 bits per heavy atom. The normalized spacial score (nSPS) is 18.3. The number of piperidine rings is 1. The van der Waals surface area contributed by atoms with Gasteiger partial charge in [-0.2, -0.15) is 32.1 Å². The summed E-state index contributed by atoms with van der Waals surface area (Å²) >= 11 is 0. The molecule has 3 N–H and O–H groups in total. The number of anilines is 1. The number of hydrogen-bond donors (Lipinski definition) is 3. The minimum atomic E-state index is -0.646. The zero-order valence-corrected chi connectivity index (χ0v) is 25.1. The summed E-state index contributed by atoms with van der Waals surface area (Å²) < 4.78 is 0. The van der Waals surface area contributed by atoms with Crippen LogP contribution in [0.5, 0.6) is 0 Å². The summed E-state index contributed by atoms with van der Waals surface area (Å²) in [5.41, 5.74) is 1.99. The summed E-state index contributed by atoms with van der Waals surface area (Å²) in [6.07, 6.45) is 2.74. The fourth-order valence-corrected chi connectivity index (χ4v) is 5.20. The predicted octanol–water partition coefficient (Wildman–Crippen LogP) is 3.06. The molecule has 4 rings (SSSR count). The summed E-state index contributed by atoms with van der Waals surface area (Å²) in [5.74, 6) is -0.226. The molecule has 2 aliphatic rings. The van der Waals surface area contributed by atoms with E-state index in [0.717, 1.165) is 23.2 Å². The topological polar surface area (TPSA) is 114 Å². The quantitative estimate of drug-likeness (QED) is 0.439. The van der Waals surface area contributed by atoms with Gasteiger partial charge in [-0.05, 0) is 52.4 Å². The first kappa shape index (κ1) is 32.3. The molecule has 0 spiro atoms. The molecule has 2 aromatic rings. The van der Waals surface area contributed by atoms with E-state index in [1.165, 1.54) is 6.08 Å². The highest BCUT2D eigenvalue weighted by Gasteiger charge is 2.44. The highest BCUT2D eigenvalue weighted by Crippen LogP contribution is 2.40. The molecule has 1 fully saturated rings. The number of urea groups is 1. The molecule has 1 aromatic carbocycles. The smallest absolute Gasteiger partial charge is 0.319 e. The lowest BCUT2D eigenvalue weighted by atomic mass is 9.97. The molecular weight excluding hydrogens is 534 g/mol. The molecule has 1 aromatic heterocycles. The number of amides is 4. The van der Waals surface area contributed by atoms with Gasteiger partial charge in [0.25, 0.3) is 0 Å². The molecule has 12 heteroatoms. The van der Waals surface area contributed by atoms with Crippen molar-refractivity contribution in [3.63, 3.8) is 0 Å². The van der Waals surface area contributed by atoms with E-state index < -0.39 is 5.54 Å². The van der Waals surface area contributed by atoms with Gasteiger partial charge in [0, 0.05) is 25.2 Å². The molecule has 0 bridgehead atoms. The third-order valence-electron chi connectivity index (χ3n) is 7.28. The molecule has 0 saturated carbocycles. The number of carbonyl (C=O) groups is 3. The van der Waals surface area contributed by atoms with Crippen molar-refractivity contribution in [3.8, 4) is 0 Å². The van der Waals surface area contributed by atoms with Crippen LogP contribution in [0.25, 0.3) is 0 Å². The average Bonchev–Trinajstić information content (AvgIpc) is 3.41. The van der Waals surface area contributed by atoms with E-state index in [-0.39, 0.29) is 56.8 Å². The first-order valence-corrected chi connectivity index (χ1v) is 12.7. The van der Waals surface area contributed by atoms with E-state index in [1.807, 2.05) is 63.2 Å². The van der Waals surface area contributed by atoms with Crippen LogP contribution >= 0.6 is 27.0 Å². The lowest BCUT2D eigenvalue weighted by Crippen LogP contribution is -2.48. The standard InChI is InChI=1S/C27H37N7O3.2H2S/c1-6-22(35)33-14-10-13-19(15-33)25(36)29-24-20-16-34(27(2,3)23(20)30-31-24)26(37)28-21(17-32(4)5)18-11-8-7-9-12-18;;/h6-9,11-12,19,21H,1,10,13-17H2,2-5H3,(H,28,37)(H2,29,30,31,36);2*1H2/t19-,21+;;/m0../s1. The third-order valence-corrected chi connectivity index (χ3v) is 7.28. The molecule has 0 aliphatic carbocycles. The minimum absolute atomic E-state index is 0. The Morgan fingerprint density at radius 1 is 1.23 bits per heavy atom. The number of nitrogens with one attached hydrogen (secondary N) is 3. The Morgan fingerprint density at radius 2 is 1.92 bits per heavy atom. The molecular formula is C27H41N7O3S2. The number of hydrogen-bond acceptors (Lipinski definition) is 5. The summed E-state index contributed by atoms with van der Waals surface area (Å²) in [6.45, 7) is 9.43. The number of nitrogens with zero attached hydrogens (tertiary/aromatic N) is 4. The Balaban J connectivity index is 0.00000267. The third kappa shape index (κ3) is 6.98. The second kappa shape index (κ2) is 13.4. The van der Waals surface area contributed by atoms with E-state index in [0.29, 0.717) is 38.4 Å². The van der Waals surface area contributed by atoms with E-state index in [9.17, 15) is 14.4 Å². The SMILES string of the molecule is C=CC(=O)N1CCC[C@H](C(=O)Nc2n[nH]c3c2CN(C(=O)N[C@H](CN(C)C)c2ccccc2)C3(C)C)C1.S.S. The highest BCUT2D eigenvalue weighted by atomic mass is 32.1. The number of likely N-dealkylation sites (N-methyl/N-ethyl adjacent to an activating group) is 1. The zero-order valence-electron chi connectivity index (χ0n) is 23.1. The van der Waals surface area contributed by atoms with E-state index in [4.69, 9.17) is 0 Å². The van der Waals surface area contributed by atoms with Crippen molar-refractivity contribution < 1.29 is 14.4 Å². The maximum Gasteiger partial charge on any atom is 0.319 e. The number of rotatable bonds is 7. The highest BCUT2D eigenvalue weighted by molar-refractivity contribution is 7.59. The van der Waals surface area contributed by atoms with Gasteiger partial charge in [-0.1, -0.05) is 36.9 Å². The van der Waals surface area contributed by atoms with Crippen LogP contribution < -0.4 is 10.6 Å². The average molecular weight is 576 g/mol. The molecule has 2 aliphatic heterocycles. The molecule has 214 valence electrons. The summed E-state index contributed by atoms with van der Waals surface area (Å²) in [6, 6.07) is 9.55. The monoisotopic (exact) mass is 575 g/mol. The Kier molecular flexibility index (Phi) is 11.1. The molecule has 0 radical (unpaired) electrons. The van der Waals surface area contributed by atoms with Gasteiger partial charge in [0.2, 0.25) is 11.8 Å². The number of carbonyl (C=O) groups excluding carboxylic acids is 3. The van der Waals surface area contributed by atoms with Gasteiger partial charge >= 0.3 is 6.03 Å². The van der Waals surface area contributed by atoms with Crippen LogP contribution in [0.4, 0.5) is 10.6 Å². The maximum atomic E-state index is 13.5. The van der Waals surface area contributed by atoms with Gasteiger partial charge in [-0.25, -0.2) is 4.79 Å². The molecule has 1 saturated heterocycles. The zero-order chi connectivity index (χ0) is 26.7. The molecule has 3 heterocycles. The van der Waals surface area contributed by atoms with Gasteiger partial charge < -0.3 is 25.3 Å². The molecule has 4 amide bonds. The van der Waals surface area contributed by atoms with Crippen molar-refractivity contribution in [2.75, 3.05) is 39.0 Å². The largest absolute Gasteiger partial charge is 0.338 e. The summed E-state index contributed by atoms with van der Waals surface area (Å²) in [5, 5.41) is 13.6. The summed E-state index contributed by atoms with van der Waals surface area (Å²) in [4.78, 5) is 44.1. The summed E-state index contributed by atoms with van der Waals surface area (Å²) in [7, 11) is 3.96. The van der Waals surface area contributed by atoms with Crippen LogP contribution in [0.15, 0.2) is 43.0 Å². The molecule has 0 unspecified atom stereocenters. The predicted molar refractivity (Wildman–Crippen MR) is 162 cm³/mol. The first-order chi connectivity index (χ1) is 17.6. The van der Waals surface area contributed by atoms with Gasteiger partial charge in [0.05, 0.1) is 29.7 Å². The fraction of sp³-hybridized carbons (Fsp3) is 0.481. The number of fused-ring (bicyclic) bond motifs is 1. The van der Waals surface area contributed by atoms with Crippen LogP contribution in [0.3, 0.4) is 0 Å². The number of likely N-dealkylation sites (tertiary alicyclic amines) is 1. The van der Waals surface area contributed by atoms with Crippen molar-refractivity contribution >= 4 is 50.7 Å². The maximum absolute atomic E-state index is 13.5. The number of H-pyrrole nitrogens is 1. The molecule has 39 heavy (non-hydrogen) atoms. The number of aromatic nitrogens is 2. The van der Waals surface area contributed by atoms with Gasteiger partial charge in [0.1, 0.15) is 0 Å². The van der Waals surface area contributed by atoms with Crippen molar-refractivity contribution in [2.45, 2.75) is 44.8 Å². The number of benzene rings is 1. The van der Waals surface area contributed by atoms with E-state index in [1.54, 1.807) is 9.80 Å². The Labute approximate surface area is 244 Å². The lowest BCUT2D eigenvalue weighted by Gasteiger charge is -2.34. The minimum Gasteiger partial charge on any atom is -0.338 e. The first-order valence-electron chi connectivity index (χ1n) is 12.7. The van der Waals surface area contributed by atoms with Crippen LogP contribution in [0, 0.1) is 5.92 Å². The molecule has 10 nitrogen and oxygen atoms in total. The van der Waals surface area contributed by atoms with Crippen molar-refractivity contribution in [1.82, 2.24) is 30.2 Å². The fourth-order valence-electron chi connectivity index (χ4n) is 5.20. The van der Waals surface area contributed by atoms with Crippen molar-refractivity contribution in [2.24, 2.45) is 5.92 Å². The van der Waals surface area contributed by atoms with Crippen LogP contribution in [0.2, 0.25) is 0 Å². The second-order valence-corrected chi connectivity index (χ2v) is 10.6. The number of aromatic amines is 1. The van der Waals surface area contributed by atoms with E-state index >= 15 is 0 Å².